The van der Waals surface area contributed by atoms with Gasteiger partial charge in [0.1, 0.15) is 5.75 Å². The third kappa shape index (κ3) is 3.85. The molecular formula is C12H17ClFNO3. The molecule has 4 nitrogen and oxygen atoms in total. The lowest BCUT2D eigenvalue weighted by Gasteiger charge is -2.17. The Kier molecular flexibility index (Phi) is 6.65. The molecule has 102 valence electrons. The van der Waals surface area contributed by atoms with E-state index in [-0.39, 0.29) is 30.3 Å². The Morgan fingerprint density at radius 3 is 2.67 bits per heavy atom. The van der Waals surface area contributed by atoms with Gasteiger partial charge in [0.15, 0.2) is 0 Å². The van der Waals surface area contributed by atoms with Crippen LogP contribution in [0.1, 0.15) is 24.1 Å². The van der Waals surface area contributed by atoms with Crippen LogP contribution in [0.25, 0.3) is 0 Å². The third-order valence-electron chi connectivity index (χ3n) is 2.37. The first-order chi connectivity index (χ1) is 7.97. The maximum absolute atomic E-state index is 13.6. The largest absolute Gasteiger partial charge is 0.508 e. The lowest BCUT2D eigenvalue weighted by atomic mass is 10.0. The average molecular weight is 278 g/mol. The Hall–Kier alpha value is -1.33. The molecule has 0 aliphatic rings. The number of benzene rings is 1. The van der Waals surface area contributed by atoms with E-state index in [2.05, 4.69) is 4.74 Å². The fraction of sp³-hybridized carbons (Fsp3) is 0.417. The summed E-state index contributed by atoms with van der Waals surface area (Å²) >= 11 is 0. The molecule has 0 aliphatic heterocycles. The van der Waals surface area contributed by atoms with Crippen LogP contribution in [0.3, 0.4) is 0 Å². The molecule has 6 heteroatoms. The molecule has 1 aromatic carbocycles. The summed E-state index contributed by atoms with van der Waals surface area (Å²) in [5, 5.41) is 9.62. The third-order valence-corrected chi connectivity index (χ3v) is 2.37. The van der Waals surface area contributed by atoms with Crippen molar-refractivity contribution in [2.75, 3.05) is 6.61 Å². The molecule has 0 aliphatic carbocycles. The minimum Gasteiger partial charge on any atom is -0.508 e. The first-order valence-electron chi connectivity index (χ1n) is 5.33. The van der Waals surface area contributed by atoms with Gasteiger partial charge < -0.3 is 15.6 Å². The molecule has 0 radical (unpaired) electrons. The molecule has 3 N–H and O–H groups in total. The van der Waals surface area contributed by atoms with E-state index in [0.717, 1.165) is 5.56 Å². The van der Waals surface area contributed by atoms with Gasteiger partial charge in [-0.2, -0.15) is 0 Å². The lowest BCUT2D eigenvalue weighted by Crippen LogP contribution is -2.31. The number of aryl methyl sites for hydroxylation is 1. The average Bonchev–Trinajstić information content (AvgIpc) is 2.27. The second-order valence-corrected chi connectivity index (χ2v) is 3.74. The number of carbonyl (C=O) groups is 1. The van der Waals surface area contributed by atoms with E-state index < -0.39 is 18.2 Å². The predicted octanol–water partition coefficient (Wildman–Crippen LogP) is 2.02. The highest BCUT2D eigenvalue weighted by molar-refractivity contribution is 5.85. The fourth-order valence-electron chi connectivity index (χ4n) is 1.46. The quantitative estimate of drug-likeness (QED) is 0.826. The highest BCUT2D eigenvalue weighted by Gasteiger charge is 2.29. The van der Waals surface area contributed by atoms with Crippen molar-refractivity contribution in [3.63, 3.8) is 0 Å². The molecular weight excluding hydrogens is 261 g/mol. The van der Waals surface area contributed by atoms with Gasteiger partial charge in [-0.1, -0.05) is 12.1 Å². The molecule has 0 amide bonds. The lowest BCUT2D eigenvalue weighted by molar-refractivity contribution is -0.149. The van der Waals surface area contributed by atoms with Gasteiger partial charge in [0.25, 0.3) is 0 Å². The number of ether oxygens (including phenoxy) is 1. The predicted molar refractivity (Wildman–Crippen MR) is 68.5 cm³/mol. The summed E-state index contributed by atoms with van der Waals surface area (Å²) in [7, 11) is 0. The van der Waals surface area contributed by atoms with Crippen LogP contribution >= 0.6 is 12.4 Å². The molecule has 0 heterocycles. The second kappa shape index (κ2) is 7.18. The number of hydrogen-bond donors (Lipinski definition) is 2. The molecule has 0 fully saturated rings. The minimum absolute atomic E-state index is 0. The summed E-state index contributed by atoms with van der Waals surface area (Å²) in [5.41, 5.74) is 6.60. The number of halogens is 2. The number of carbonyl (C=O) groups excluding carboxylic acids is 1. The van der Waals surface area contributed by atoms with Gasteiger partial charge in [-0.25, -0.2) is 9.18 Å². The highest BCUT2D eigenvalue weighted by Crippen LogP contribution is 2.27. The topological polar surface area (TPSA) is 72.5 Å². The summed E-state index contributed by atoms with van der Waals surface area (Å²) in [4.78, 5) is 11.2. The van der Waals surface area contributed by atoms with Crippen LogP contribution in [-0.4, -0.2) is 23.9 Å². The molecule has 0 saturated heterocycles. The molecule has 0 saturated carbocycles. The number of esters is 1. The second-order valence-electron chi connectivity index (χ2n) is 3.74. The van der Waals surface area contributed by atoms with Gasteiger partial charge in [0.05, 0.1) is 12.6 Å². The maximum Gasteiger partial charge on any atom is 0.342 e. The van der Waals surface area contributed by atoms with Gasteiger partial charge in [-0.15, -0.1) is 12.4 Å². The summed E-state index contributed by atoms with van der Waals surface area (Å²) in [6.07, 6.45) is -1.98. The normalized spacial score (nSPS) is 13.3. The first kappa shape index (κ1) is 16.7. The number of nitrogens with two attached hydrogens (primary N) is 1. The SMILES string of the molecule is CCOC(=O)C(F)[C@H](N)c1ccc(C)cc1O.Cl. The number of hydrogen-bond acceptors (Lipinski definition) is 4. The van der Waals surface area contributed by atoms with Crippen LogP contribution in [0.15, 0.2) is 18.2 Å². The van der Waals surface area contributed by atoms with Crippen molar-refractivity contribution >= 4 is 18.4 Å². The van der Waals surface area contributed by atoms with E-state index in [4.69, 9.17) is 5.73 Å². The standard InChI is InChI=1S/C12H16FNO3.ClH/c1-3-17-12(16)10(13)11(14)8-5-4-7(2)6-9(8)15;/h4-6,10-11,15H,3,14H2,1-2H3;1H/t10?,11-;/m1./s1. The molecule has 0 aromatic heterocycles. The zero-order valence-electron chi connectivity index (χ0n) is 10.2. The number of phenols is 1. The Bertz CT molecular complexity index is 414. The Balaban J connectivity index is 0.00000289. The molecule has 18 heavy (non-hydrogen) atoms. The zero-order valence-corrected chi connectivity index (χ0v) is 11.0. The van der Waals surface area contributed by atoms with Crippen molar-refractivity contribution in [1.29, 1.82) is 0 Å². The van der Waals surface area contributed by atoms with E-state index in [1.807, 2.05) is 0 Å². The van der Waals surface area contributed by atoms with Gasteiger partial charge >= 0.3 is 5.97 Å². The van der Waals surface area contributed by atoms with Crippen molar-refractivity contribution in [2.45, 2.75) is 26.1 Å². The number of aromatic hydroxyl groups is 1. The van der Waals surface area contributed by atoms with Crippen molar-refractivity contribution in [2.24, 2.45) is 5.73 Å². The van der Waals surface area contributed by atoms with E-state index in [1.54, 1.807) is 19.9 Å². The molecule has 2 atom stereocenters. The zero-order chi connectivity index (χ0) is 13.0. The Morgan fingerprint density at radius 1 is 1.56 bits per heavy atom. The smallest absolute Gasteiger partial charge is 0.342 e. The van der Waals surface area contributed by atoms with Crippen molar-refractivity contribution in [3.8, 4) is 5.75 Å². The summed E-state index contributed by atoms with van der Waals surface area (Å²) in [6.45, 7) is 3.46. The first-order valence-corrected chi connectivity index (χ1v) is 5.33. The summed E-state index contributed by atoms with van der Waals surface area (Å²) in [6, 6.07) is 3.43. The van der Waals surface area contributed by atoms with Crippen molar-refractivity contribution in [1.82, 2.24) is 0 Å². The molecule has 1 rings (SSSR count). The summed E-state index contributed by atoms with van der Waals surface area (Å²) in [5.74, 6) is -1.13. The van der Waals surface area contributed by atoms with Crippen LogP contribution in [-0.2, 0) is 9.53 Å². The minimum atomic E-state index is -1.98. The Labute approximate surface area is 111 Å². The highest BCUT2D eigenvalue weighted by atomic mass is 35.5. The number of alkyl halides is 1. The van der Waals surface area contributed by atoms with Gasteiger partial charge in [-0.3, -0.25) is 0 Å². The van der Waals surface area contributed by atoms with Crippen LogP contribution in [0, 0.1) is 6.92 Å². The van der Waals surface area contributed by atoms with E-state index in [0.29, 0.717) is 0 Å². The van der Waals surface area contributed by atoms with Gasteiger partial charge in [0.2, 0.25) is 6.17 Å². The van der Waals surface area contributed by atoms with E-state index in [1.165, 1.54) is 12.1 Å². The molecule has 0 spiro atoms. The van der Waals surface area contributed by atoms with Crippen molar-refractivity contribution in [3.05, 3.63) is 29.3 Å². The van der Waals surface area contributed by atoms with Crippen LogP contribution in [0.2, 0.25) is 0 Å². The van der Waals surface area contributed by atoms with Gasteiger partial charge in [0, 0.05) is 5.56 Å². The number of rotatable bonds is 4. The number of phenolic OH excluding ortho intramolecular Hbond substituents is 1. The summed E-state index contributed by atoms with van der Waals surface area (Å²) < 4.78 is 18.2. The fourth-order valence-corrected chi connectivity index (χ4v) is 1.46. The monoisotopic (exact) mass is 277 g/mol. The van der Waals surface area contributed by atoms with Gasteiger partial charge in [-0.05, 0) is 25.5 Å². The van der Waals surface area contributed by atoms with Crippen LogP contribution in [0.5, 0.6) is 5.75 Å². The molecule has 1 unspecified atom stereocenters. The maximum atomic E-state index is 13.6. The Morgan fingerprint density at radius 2 is 2.17 bits per heavy atom. The molecule has 0 bridgehead atoms. The van der Waals surface area contributed by atoms with E-state index in [9.17, 15) is 14.3 Å². The van der Waals surface area contributed by atoms with Crippen LogP contribution < -0.4 is 5.73 Å². The van der Waals surface area contributed by atoms with E-state index >= 15 is 0 Å². The van der Waals surface area contributed by atoms with Crippen molar-refractivity contribution < 1.29 is 19.0 Å². The molecule has 1 aromatic rings. The van der Waals surface area contributed by atoms with Crippen LogP contribution in [0.4, 0.5) is 4.39 Å².